The highest BCUT2D eigenvalue weighted by molar-refractivity contribution is 5.94. The van der Waals surface area contributed by atoms with Gasteiger partial charge in [-0.3, -0.25) is 9.59 Å². The van der Waals surface area contributed by atoms with Crippen LogP contribution in [0.25, 0.3) is 0 Å². The van der Waals surface area contributed by atoms with Gasteiger partial charge in [0.2, 0.25) is 5.91 Å². The Labute approximate surface area is 159 Å². The molecular weight excluding hydrogens is 344 g/mol. The molecule has 27 heavy (non-hydrogen) atoms. The third-order valence-corrected chi connectivity index (χ3v) is 3.93. The van der Waals surface area contributed by atoms with E-state index in [1.54, 1.807) is 31.4 Å². The van der Waals surface area contributed by atoms with E-state index in [1.165, 1.54) is 5.56 Å². The molecule has 0 unspecified atom stereocenters. The Balaban J connectivity index is 1.68. The Bertz CT molecular complexity index is 727. The molecule has 6 heteroatoms. The number of amides is 2. The van der Waals surface area contributed by atoms with Crippen LogP contribution in [0.3, 0.4) is 0 Å². The number of ether oxygens (including phenoxy) is 2. The molecule has 0 radical (unpaired) electrons. The number of hydrogen-bond donors (Lipinski definition) is 2. The first-order chi connectivity index (χ1) is 13.1. The Morgan fingerprint density at radius 2 is 1.59 bits per heavy atom. The van der Waals surface area contributed by atoms with Gasteiger partial charge in [-0.2, -0.15) is 0 Å². The summed E-state index contributed by atoms with van der Waals surface area (Å²) in [7, 11) is 1.58. The summed E-state index contributed by atoms with van der Waals surface area (Å²) in [5.41, 5.74) is 1.96. The summed E-state index contributed by atoms with van der Waals surface area (Å²) in [6, 6.07) is 14.7. The number of methoxy groups -OCH3 is 1. The molecule has 0 heterocycles. The molecule has 2 aromatic carbocycles. The Hall–Kier alpha value is -3.02. The summed E-state index contributed by atoms with van der Waals surface area (Å²) >= 11 is 0. The lowest BCUT2D eigenvalue weighted by atomic mass is 10.1. The number of nitrogens with one attached hydrogen (secondary N) is 2. The van der Waals surface area contributed by atoms with E-state index >= 15 is 0 Å². The zero-order chi connectivity index (χ0) is 19.5. The van der Waals surface area contributed by atoms with Gasteiger partial charge in [0.15, 0.2) is 6.61 Å². The van der Waals surface area contributed by atoms with E-state index in [2.05, 4.69) is 17.6 Å². The standard InChI is InChI=1S/C21H26N2O4/c1-3-4-5-16-6-8-17(9-7-16)23-20(24)14-22-21(25)15-27-19-12-10-18(26-2)11-13-19/h6-13H,3-5,14-15H2,1-2H3,(H,22,25)(H,23,24). The van der Waals surface area contributed by atoms with Gasteiger partial charge in [-0.05, 0) is 54.8 Å². The lowest BCUT2D eigenvalue weighted by Crippen LogP contribution is -2.35. The van der Waals surface area contributed by atoms with Crippen LogP contribution in [0.4, 0.5) is 5.69 Å². The van der Waals surface area contributed by atoms with E-state index in [0.717, 1.165) is 19.3 Å². The van der Waals surface area contributed by atoms with E-state index in [1.807, 2.05) is 24.3 Å². The second kappa shape index (κ2) is 10.9. The summed E-state index contributed by atoms with van der Waals surface area (Å²) in [5, 5.41) is 5.29. The molecular formula is C21H26N2O4. The van der Waals surface area contributed by atoms with Gasteiger partial charge in [-0.25, -0.2) is 0 Å². The van der Waals surface area contributed by atoms with Crippen molar-refractivity contribution < 1.29 is 19.1 Å². The molecule has 0 spiro atoms. The number of hydrogen-bond acceptors (Lipinski definition) is 4. The van der Waals surface area contributed by atoms with Gasteiger partial charge in [0.05, 0.1) is 13.7 Å². The Morgan fingerprint density at radius 1 is 0.926 bits per heavy atom. The highest BCUT2D eigenvalue weighted by atomic mass is 16.5. The number of benzene rings is 2. The maximum absolute atomic E-state index is 11.9. The fourth-order valence-electron chi connectivity index (χ4n) is 2.39. The minimum atomic E-state index is -0.365. The summed E-state index contributed by atoms with van der Waals surface area (Å²) in [6.07, 6.45) is 3.34. The van der Waals surface area contributed by atoms with Crippen molar-refractivity contribution in [2.75, 3.05) is 25.6 Å². The number of anilines is 1. The lowest BCUT2D eigenvalue weighted by Gasteiger charge is -2.09. The maximum Gasteiger partial charge on any atom is 0.258 e. The smallest absolute Gasteiger partial charge is 0.258 e. The van der Waals surface area contributed by atoms with E-state index in [-0.39, 0.29) is 25.0 Å². The molecule has 0 saturated heterocycles. The van der Waals surface area contributed by atoms with Crippen LogP contribution < -0.4 is 20.1 Å². The van der Waals surface area contributed by atoms with Crippen molar-refractivity contribution in [2.24, 2.45) is 0 Å². The number of unbranched alkanes of at least 4 members (excludes halogenated alkanes) is 1. The zero-order valence-electron chi connectivity index (χ0n) is 15.8. The highest BCUT2D eigenvalue weighted by Gasteiger charge is 2.07. The van der Waals surface area contributed by atoms with Crippen molar-refractivity contribution in [1.29, 1.82) is 0 Å². The predicted octanol–water partition coefficient (Wildman–Crippen LogP) is 3.17. The largest absolute Gasteiger partial charge is 0.497 e. The monoisotopic (exact) mass is 370 g/mol. The molecule has 0 aliphatic carbocycles. The van der Waals surface area contributed by atoms with Crippen LogP contribution in [0.15, 0.2) is 48.5 Å². The van der Waals surface area contributed by atoms with Crippen LogP contribution in [0, 0.1) is 0 Å². The molecule has 2 amide bonds. The number of carbonyl (C=O) groups excluding carboxylic acids is 2. The van der Waals surface area contributed by atoms with Crippen molar-refractivity contribution in [3.05, 3.63) is 54.1 Å². The van der Waals surface area contributed by atoms with Gasteiger partial charge in [0, 0.05) is 5.69 Å². The fraction of sp³-hybridized carbons (Fsp3) is 0.333. The average Bonchev–Trinajstić information content (AvgIpc) is 2.70. The van der Waals surface area contributed by atoms with Gasteiger partial charge >= 0.3 is 0 Å². The molecule has 2 rings (SSSR count). The molecule has 6 nitrogen and oxygen atoms in total. The molecule has 144 valence electrons. The van der Waals surface area contributed by atoms with Crippen LogP contribution in [-0.2, 0) is 16.0 Å². The van der Waals surface area contributed by atoms with Crippen LogP contribution in [0.2, 0.25) is 0 Å². The maximum atomic E-state index is 11.9. The molecule has 0 bridgehead atoms. The van der Waals surface area contributed by atoms with Crippen LogP contribution in [0.5, 0.6) is 11.5 Å². The van der Waals surface area contributed by atoms with E-state index in [9.17, 15) is 9.59 Å². The first-order valence-electron chi connectivity index (χ1n) is 9.03. The van der Waals surface area contributed by atoms with Gasteiger partial charge in [-0.1, -0.05) is 25.5 Å². The van der Waals surface area contributed by atoms with Gasteiger partial charge in [0.25, 0.3) is 5.91 Å². The first kappa shape index (κ1) is 20.3. The summed E-state index contributed by atoms with van der Waals surface area (Å²) in [5.74, 6) is 0.616. The quantitative estimate of drug-likeness (QED) is 0.673. The van der Waals surface area contributed by atoms with Crippen LogP contribution >= 0.6 is 0 Å². The molecule has 0 aliphatic heterocycles. The van der Waals surface area contributed by atoms with Gasteiger partial charge < -0.3 is 20.1 Å². The molecule has 2 N–H and O–H groups in total. The molecule has 2 aromatic rings. The third kappa shape index (κ3) is 7.40. The number of carbonyl (C=O) groups is 2. The zero-order valence-corrected chi connectivity index (χ0v) is 15.8. The normalized spacial score (nSPS) is 10.1. The minimum Gasteiger partial charge on any atom is -0.497 e. The Kier molecular flexibility index (Phi) is 8.16. The second-order valence-electron chi connectivity index (χ2n) is 6.09. The molecule has 0 saturated carbocycles. The van der Waals surface area contributed by atoms with Gasteiger partial charge in [-0.15, -0.1) is 0 Å². The van der Waals surface area contributed by atoms with Crippen LogP contribution in [0.1, 0.15) is 25.3 Å². The SMILES string of the molecule is CCCCc1ccc(NC(=O)CNC(=O)COc2ccc(OC)cc2)cc1. The third-order valence-electron chi connectivity index (χ3n) is 3.93. The first-order valence-corrected chi connectivity index (χ1v) is 9.03. The summed E-state index contributed by atoms with van der Waals surface area (Å²) < 4.78 is 10.4. The molecule has 0 atom stereocenters. The van der Waals surface area contributed by atoms with Crippen LogP contribution in [-0.4, -0.2) is 32.1 Å². The molecule has 0 aromatic heterocycles. The highest BCUT2D eigenvalue weighted by Crippen LogP contribution is 2.16. The minimum absolute atomic E-state index is 0.109. The van der Waals surface area contributed by atoms with E-state index in [4.69, 9.17) is 9.47 Å². The van der Waals surface area contributed by atoms with Crippen molar-refractivity contribution in [2.45, 2.75) is 26.2 Å². The van der Waals surface area contributed by atoms with Gasteiger partial charge in [0.1, 0.15) is 11.5 Å². The summed E-state index contributed by atoms with van der Waals surface area (Å²) in [6.45, 7) is 1.89. The average molecular weight is 370 g/mol. The van der Waals surface area contributed by atoms with E-state index in [0.29, 0.717) is 17.2 Å². The van der Waals surface area contributed by atoms with Crippen molar-refractivity contribution in [3.8, 4) is 11.5 Å². The van der Waals surface area contributed by atoms with E-state index < -0.39 is 0 Å². The lowest BCUT2D eigenvalue weighted by molar-refractivity contribution is -0.125. The molecule has 0 aliphatic rings. The van der Waals surface area contributed by atoms with Crippen molar-refractivity contribution >= 4 is 17.5 Å². The number of rotatable bonds is 10. The predicted molar refractivity (Wildman–Crippen MR) is 105 cm³/mol. The topological polar surface area (TPSA) is 76.7 Å². The fourth-order valence-corrected chi connectivity index (χ4v) is 2.39. The molecule has 0 fully saturated rings. The second-order valence-corrected chi connectivity index (χ2v) is 6.09. The van der Waals surface area contributed by atoms with Crippen molar-refractivity contribution in [1.82, 2.24) is 5.32 Å². The van der Waals surface area contributed by atoms with Crippen molar-refractivity contribution in [3.63, 3.8) is 0 Å². The number of aryl methyl sites for hydroxylation is 1. The summed E-state index contributed by atoms with van der Waals surface area (Å²) in [4.78, 5) is 23.7. The Morgan fingerprint density at radius 3 is 2.22 bits per heavy atom.